The van der Waals surface area contributed by atoms with Gasteiger partial charge in [-0.15, -0.1) is 11.3 Å². The van der Waals surface area contributed by atoms with Crippen LogP contribution in [-0.2, 0) is 4.74 Å². The molecule has 5 nitrogen and oxygen atoms in total. The zero-order valence-corrected chi connectivity index (χ0v) is 13.4. The lowest BCUT2D eigenvalue weighted by Gasteiger charge is -2.56. The molecule has 0 aromatic carbocycles. The van der Waals surface area contributed by atoms with Gasteiger partial charge < -0.3 is 14.7 Å². The Morgan fingerprint density at radius 1 is 1.57 bits per heavy atom. The normalized spacial score (nSPS) is 27.7. The maximum Gasteiger partial charge on any atom is 0.273 e. The number of thiazole rings is 1. The Kier molecular flexibility index (Phi) is 4.03. The van der Waals surface area contributed by atoms with Crippen molar-refractivity contribution in [2.75, 3.05) is 19.7 Å². The fourth-order valence-corrected chi connectivity index (χ4v) is 4.15. The van der Waals surface area contributed by atoms with Gasteiger partial charge in [-0.25, -0.2) is 4.98 Å². The van der Waals surface area contributed by atoms with E-state index in [0.29, 0.717) is 25.4 Å². The van der Waals surface area contributed by atoms with E-state index in [2.05, 4.69) is 4.98 Å². The van der Waals surface area contributed by atoms with Crippen molar-refractivity contribution < 1.29 is 14.6 Å². The molecule has 1 saturated carbocycles. The summed E-state index contributed by atoms with van der Waals surface area (Å²) in [5.74, 6) is 0.0102. The zero-order valence-electron chi connectivity index (χ0n) is 12.5. The van der Waals surface area contributed by atoms with Gasteiger partial charge in [0.25, 0.3) is 5.91 Å². The Balaban J connectivity index is 1.63. The molecule has 21 heavy (non-hydrogen) atoms. The van der Waals surface area contributed by atoms with Crippen molar-refractivity contribution in [2.45, 2.75) is 45.3 Å². The number of aliphatic hydroxyl groups is 1. The van der Waals surface area contributed by atoms with Gasteiger partial charge in [-0.05, 0) is 26.7 Å². The first-order chi connectivity index (χ1) is 10.1. The Hall–Kier alpha value is -0.980. The number of rotatable bonds is 3. The van der Waals surface area contributed by atoms with E-state index in [0.717, 1.165) is 24.3 Å². The van der Waals surface area contributed by atoms with Gasteiger partial charge in [0.05, 0.1) is 17.2 Å². The second-order valence-electron chi connectivity index (χ2n) is 5.97. The highest BCUT2D eigenvalue weighted by atomic mass is 32.1. The lowest BCUT2D eigenvalue weighted by molar-refractivity contribution is -0.207. The molecule has 2 heterocycles. The van der Waals surface area contributed by atoms with Crippen molar-refractivity contribution in [3.63, 3.8) is 0 Å². The topological polar surface area (TPSA) is 62.7 Å². The van der Waals surface area contributed by atoms with Crippen LogP contribution in [0.1, 0.15) is 41.7 Å². The molecule has 1 aromatic rings. The van der Waals surface area contributed by atoms with Crippen molar-refractivity contribution in [3.05, 3.63) is 16.1 Å². The summed E-state index contributed by atoms with van der Waals surface area (Å²) in [5.41, 5.74) is 0.411. The molecule has 1 amide bonds. The molecule has 1 N–H and O–H groups in total. The highest BCUT2D eigenvalue weighted by molar-refractivity contribution is 7.09. The van der Waals surface area contributed by atoms with Crippen LogP contribution < -0.4 is 0 Å². The second kappa shape index (κ2) is 5.66. The number of amides is 1. The molecule has 0 bridgehead atoms. The van der Waals surface area contributed by atoms with E-state index in [1.807, 2.05) is 24.1 Å². The van der Waals surface area contributed by atoms with E-state index in [9.17, 15) is 9.90 Å². The number of hydrogen-bond donors (Lipinski definition) is 1. The van der Waals surface area contributed by atoms with Gasteiger partial charge in [-0.1, -0.05) is 0 Å². The first-order valence-corrected chi connectivity index (χ1v) is 8.46. The first-order valence-electron chi connectivity index (χ1n) is 7.58. The Morgan fingerprint density at radius 3 is 2.81 bits per heavy atom. The van der Waals surface area contributed by atoms with Gasteiger partial charge in [-0.2, -0.15) is 0 Å². The summed E-state index contributed by atoms with van der Waals surface area (Å²) < 4.78 is 5.75. The van der Waals surface area contributed by atoms with Crippen molar-refractivity contribution in [2.24, 2.45) is 5.41 Å². The molecular formula is C15H22N2O3S. The van der Waals surface area contributed by atoms with E-state index in [1.165, 1.54) is 11.3 Å². The fourth-order valence-electron chi connectivity index (χ4n) is 3.57. The number of carbonyl (C=O) groups is 1. The van der Waals surface area contributed by atoms with Crippen molar-refractivity contribution in [1.82, 2.24) is 9.88 Å². The quantitative estimate of drug-likeness (QED) is 0.925. The molecule has 6 heteroatoms. The van der Waals surface area contributed by atoms with Gasteiger partial charge in [0, 0.05) is 36.9 Å². The number of hydrogen-bond acceptors (Lipinski definition) is 5. The van der Waals surface area contributed by atoms with Gasteiger partial charge in [0.1, 0.15) is 5.69 Å². The standard InChI is InChI=1S/C15H22N2O3S/c1-3-20-13-8-12(18)15(13)4-6-17(7-5-15)14(19)11-9-21-10(2)16-11/h9,12-13,18H,3-8H2,1-2H3. The van der Waals surface area contributed by atoms with Crippen molar-refractivity contribution in [3.8, 4) is 0 Å². The van der Waals surface area contributed by atoms with E-state index >= 15 is 0 Å². The molecule has 3 rings (SSSR count). The largest absolute Gasteiger partial charge is 0.392 e. The van der Waals surface area contributed by atoms with Gasteiger partial charge in [0.15, 0.2) is 0 Å². The van der Waals surface area contributed by atoms with Crippen molar-refractivity contribution in [1.29, 1.82) is 0 Å². The summed E-state index contributed by atoms with van der Waals surface area (Å²) in [6, 6.07) is 0. The molecule has 2 unspecified atom stereocenters. The van der Waals surface area contributed by atoms with Crippen LogP contribution >= 0.6 is 11.3 Å². The summed E-state index contributed by atoms with van der Waals surface area (Å²) in [6.07, 6.45) is 2.22. The predicted octanol–water partition coefficient (Wildman–Crippen LogP) is 1.84. The van der Waals surface area contributed by atoms with Gasteiger partial charge in [0.2, 0.25) is 0 Å². The molecule has 1 saturated heterocycles. The lowest BCUT2D eigenvalue weighted by Crippen LogP contribution is -2.62. The molecule has 2 aliphatic rings. The van der Waals surface area contributed by atoms with Crippen LogP contribution in [0.2, 0.25) is 0 Å². The third-order valence-electron chi connectivity index (χ3n) is 4.93. The fraction of sp³-hybridized carbons (Fsp3) is 0.733. The number of aryl methyl sites for hydroxylation is 1. The van der Waals surface area contributed by atoms with E-state index < -0.39 is 0 Å². The number of nitrogens with zero attached hydrogens (tertiary/aromatic N) is 2. The van der Waals surface area contributed by atoms with Gasteiger partial charge in [-0.3, -0.25) is 4.79 Å². The summed E-state index contributed by atoms with van der Waals surface area (Å²) in [6.45, 7) is 5.93. The average molecular weight is 310 g/mol. The first kappa shape index (κ1) is 14.9. The minimum absolute atomic E-state index is 0.0102. The number of aromatic nitrogens is 1. The molecular weight excluding hydrogens is 288 g/mol. The number of likely N-dealkylation sites (tertiary alicyclic amines) is 1. The van der Waals surface area contributed by atoms with Crippen LogP contribution in [0, 0.1) is 12.3 Å². The molecule has 0 radical (unpaired) electrons. The zero-order chi connectivity index (χ0) is 15.0. The second-order valence-corrected chi connectivity index (χ2v) is 7.03. The summed E-state index contributed by atoms with van der Waals surface area (Å²) >= 11 is 1.50. The molecule has 2 atom stereocenters. The highest BCUT2D eigenvalue weighted by Crippen LogP contribution is 2.51. The molecule has 116 valence electrons. The minimum atomic E-state index is -0.284. The number of ether oxygens (including phenoxy) is 1. The van der Waals surface area contributed by atoms with Crippen LogP contribution in [0.15, 0.2) is 5.38 Å². The average Bonchev–Trinajstić information content (AvgIpc) is 2.93. The van der Waals surface area contributed by atoms with E-state index in [-0.39, 0.29) is 23.5 Å². The molecule has 1 aromatic heterocycles. The van der Waals surface area contributed by atoms with E-state index in [4.69, 9.17) is 4.74 Å². The third-order valence-corrected chi connectivity index (χ3v) is 5.70. The SMILES string of the molecule is CCOC1CC(O)C12CCN(C(=O)c1csc(C)n1)CC2. The molecule has 1 spiro atoms. The van der Waals surface area contributed by atoms with Crippen LogP contribution in [0.4, 0.5) is 0 Å². The molecule has 1 aliphatic heterocycles. The highest BCUT2D eigenvalue weighted by Gasteiger charge is 2.56. The van der Waals surface area contributed by atoms with Crippen LogP contribution in [0.5, 0.6) is 0 Å². The maximum atomic E-state index is 12.4. The number of aliphatic hydroxyl groups excluding tert-OH is 1. The number of carbonyl (C=O) groups excluding carboxylic acids is 1. The molecule has 1 aliphatic carbocycles. The third kappa shape index (κ3) is 2.49. The maximum absolute atomic E-state index is 12.4. The minimum Gasteiger partial charge on any atom is -0.392 e. The summed E-state index contributed by atoms with van der Waals surface area (Å²) in [7, 11) is 0. The van der Waals surface area contributed by atoms with Crippen LogP contribution in [0.25, 0.3) is 0 Å². The Labute approximate surface area is 128 Å². The number of piperidine rings is 1. The summed E-state index contributed by atoms with van der Waals surface area (Å²) in [5, 5.41) is 12.9. The van der Waals surface area contributed by atoms with Crippen LogP contribution in [-0.4, -0.2) is 52.8 Å². The smallest absolute Gasteiger partial charge is 0.273 e. The monoisotopic (exact) mass is 310 g/mol. The Morgan fingerprint density at radius 2 is 2.29 bits per heavy atom. The predicted molar refractivity (Wildman–Crippen MR) is 80.5 cm³/mol. The summed E-state index contributed by atoms with van der Waals surface area (Å²) in [4.78, 5) is 18.5. The van der Waals surface area contributed by atoms with E-state index in [1.54, 1.807) is 0 Å². The van der Waals surface area contributed by atoms with Crippen molar-refractivity contribution >= 4 is 17.2 Å². The lowest BCUT2D eigenvalue weighted by atomic mass is 9.58. The molecule has 2 fully saturated rings. The Bertz CT molecular complexity index is 521. The van der Waals surface area contributed by atoms with Crippen LogP contribution in [0.3, 0.4) is 0 Å². The van der Waals surface area contributed by atoms with Gasteiger partial charge >= 0.3 is 0 Å².